The number of rotatable bonds is 0. The molecule has 1 N–H and O–H groups in total. The van der Waals surface area contributed by atoms with Crippen LogP contribution < -0.4 is 9.47 Å². The van der Waals surface area contributed by atoms with Crippen molar-refractivity contribution in [3.05, 3.63) is 24.4 Å². The molecule has 3 rings (SSSR count). The highest BCUT2D eigenvalue weighted by Gasteiger charge is 2.16. The summed E-state index contributed by atoms with van der Waals surface area (Å²) < 4.78 is 10.5. The van der Waals surface area contributed by atoms with E-state index in [9.17, 15) is 0 Å². The molecule has 0 spiro atoms. The first-order chi connectivity index (χ1) is 5.95. The van der Waals surface area contributed by atoms with E-state index in [0.29, 0.717) is 6.79 Å². The smallest absolute Gasteiger partial charge is 0.231 e. The molecule has 0 amide bonds. The van der Waals surface area contributed by atoms with Crippen LogP contribution in [0.4, 0.5) is 0 Å². The molecule has 2 aromatic rings. The Morgan fingerprint density at radius 3 is 3.33 bits per heavy atom. The molecule has 1 aliphatic heterocycles. The highest BCUT2D eigenvalue weighted by molar-refractivity contribution is 5.88. The number of aromatic amines is 1. The lowest BCUT2D eigenvalue weighted by molar-refractivity contribution is 0.175. The molecule has 59 valence electrons. The van der Waals surface area contributed by atoms with Crippen molar-refractivity contribution >= 4 is 10.9 Å². The largest absolute Gasteiger partial charge is 0.454 e. The molecule has 3 heteroatoms. The number of benzene rings is 1. The van der Waals surface area contributed by atoms with E-state index in [2.05, 4.69) is 11.2 Å². The molecule has 1 aromatic heterocycles. The van der Waals surface area contributed by atoms with Gasteiger partial charge >= 0.3 is 0 Å². The summed E-state index contributed by atoms with van der Waals surface area (Å²) >= 11 is 0. The molecule has 12 heavy (non-hydrogen) atoms. The topological polar surface area (TPSA) is 34.2 Å². The number of H-pyrrole nitrogens is 1. The van der Waals surface area contributed by atoms with Gasteiger partial charge in [0, 0.05) is 10.9 Å². The van der Waals surface area contributed by atoms with Crippen LogP contribution in [0, 0.1) is 6.20 Å². The highest BCUT2D eigenvalue weighted by Crippen LogP contribution is 2.38. The molecule has 1 radical (unpaired) electrons. The highest BCUT2D eigenvalue weighted by atomic mass is 16.7. The maximum absolute atomic E-state index is 5.31. The standard InChI is InChI=1S/C9H6NO2/c1-2-8-9(12-5-11-8)6-3-4-10-7(1)6/h1-3,10H,5H2. The molecule has 2 heterocycles. The number of aromatic nitrogens is 1. The van der Waals surface area contributed by atoms with Crippen LogP contribution in [0.5, 0.6) is 11.5 Å². The number of ether oxygens (including phenoxy) is 2. The molecule has 0 atom stereocenters. The zero-order valence-electron chi connectivity index (χ0n) is 6.26. The maximum Gasteiger partial charge on any atom is 0.231 e. The summed E-state index contributed by atoms with van der Waals surface area (Å²) in [5, 5.41) is 1.03. The summed E-state index contributed by atoms with van der Waals surface area (Å²) in [6.45, 7) is 0.319. The molecule has 0 saturated heterocycles. The third kappa shape index (κ3) is 0.605. The van der Waals surface area contributed by atoms with Crippen molar-refractivity contribution in [3.63, 3.8) is 0 Å². The van der Waals surface area contributed by atoms with Crippen molar-refractivity contribution in [2.45, 2.75) is 0 Å². The van der Waals surface area contributed by atoms with E-state index < -0.39 is 0 Å². The molecule has 0 aliphatic carbocycles. The van der Waals surface area contributed by atoms with Crippen LogP contribution in [0.2, 0.25) is 0 Å². The Kier molecular flexibility index (Phi) is 0.961. The monoisotopic (exact) mass is 160 g/mol. The van der Waals surface area contributed by atoms with Gasteiger partial charge in [-0.15, -0.1) is 0 Å². The Morgan fingerprint density at radius 2 is 2.33 bits per heavy atom. The van der Waals surface area contributed by atoms with Gasteiger partial charge in [-0.05, 0) is 18.2 Å². The van der Waals surface area contributed by atoms with Crippen molar-refractivity contribution in [1.82, 2.24) is 4.98 Å². The van der Waals surface area contributed by atoms with Gasteiger partial charge in [0.15, 0.2) is 11.5 Å². The fraction of sp³-hybridized carbons (Fsp3) is 0.111. The molecular weight excluding hydrogens is 154 g/mol. The van der Waals surface area contributed by atoms with Gasteiger partial charge in [0.2, 0.25) is 6.79 Å². The summed E-state index contributed by atoms with van der Waals surface area (Å²) in [4.78, 5) is 2.99. The van der Waals surface area contributed by atoms with Crippen molar-refractivity contribution in [2.75, 3.05) is 6.79 Å². The molecule has 1 aromatic carbocycles. The lowest BCUT2D eigenvalue weighted by Gasteiger charge is -1.95. The SMILES string of the molecule is [c]1cc2c3c(ccc2[nH]1)OCO3. The van der Waals surface area contributed by atoms with Crippen LogP contribution in [0.3, 0.4) is 0 Å². The van der Waals surface area contributed by atoms with Crippen LogP contribution in [-0.4, -0.2) is 11.8 Å². The van der Waals surface area contributed by atoms with Gasteiger partial charge in [0.25, 0.3) is 0 Å². The minimum atomic E-state index is 0.319. The molecule has 0 fully saturated rings. The minimum Gasteiger partial charge on any atom is -0.454 e. The number of nitrogens with one attached hydrogen (secondary N) is 1. The van der Waals surface area contributed by atoms with Crippen LogP contribution in [0.1, 0.15) is 0 Å². The number of hydrogen-bond donors (Lipinski definition) is 1. The van der Waals surface area contributed by atoms with Crippen LogP contribution in [0.15, 0.2) is 18.2 Å². The summed E-state index contributed by atoms with van der Waals surface area (Å²) in [6.07, 6.45) is 2.91. The van der Waals surface area contributed by atoms with Gasteiger partial charge < -0.3 is 14.5 Å². The van der Waals surface area contributed by atoms with E-state index >= 15 is 0 Å². The van der Waals surface area contributed by atoms with Crippen LogP contribution in [-0.2, 0) is 0 Å². The van der Waals surface area contributed by atoms with E-state index in [4.69, 9.17) is 9.47 Å². The van der Waals surface area contributed by atoms with Crippen LogP contribution >= 0.6 is 0 Å². The molecular formula is C9H6NO2. The van der Waals surface area contributed by atoms with Gasteiger partial charge in [-0.2, -0.15) is 0 Å². The zero-order chi connectivity index (χ0) is 7.97. The van der Waals surface area contributed by atoms with Crippen molar-refractivity contribution in [2.24, 2.45) is 0 Å². The summed E-state index contributed by atoms with van der Waals surface area (Å²) in [5.41, 5.74) is 1.03. The molecule has 0 unspecified atom stereocenters. The summed E-state index contributed by atoms with van der Waals surface area (Å²) in [6, 6.07) is 5.72. The third-order valence-electron chi connectivity index (χ3n) is 2.00. The second-order valence-electron chi connectivity index (χ2n) is 2.67. The van der Waals surface area contributed by atoms with Gasteiger partial charge in [-0.3, -0.25) is 0 Å². The van der Waals surface area contributed by atoms with Gasteiger partial charge in [0.05, 0.1) is 6.20 Å². The fourth-order valence-corrected chi connectivity index (χ4v) is 1.43. The first kappa shape index (κ1) is 5.94. The van der Waals surface area contributed by atoms with E-state index in [1.54, 1.807) is 0 Å². The third-order valence-corrected chi connectivity index (χ3v) is 2.00. The minimum absolute atomic E-state index is 0.319. The molecule has 0 bridgehead atoms. The zero-order valence-corrected chi connectivity index (χ0v) is 6.26. The number of fused-ring (bicyclic) bond motifs is 3. The second-order valence-corrected chi connectivity index (χ2v) is 2.67. The van der Waals surface area contributed by atoms with Gasteiger partial charge in [0.1, 0.15) is 0 Å². The first-order valence-corrected chi connectivity index (χ1v) is 3.72. The fourth-order valence-electron chi connectivity index (χ4n) is 1.43. The lowest BCUT2D eigenvalue weighted by Crippen LogP contribution is -1.93. The second kappa shape index (κ2) is 1.94. The first-order valence-electron chi connectivity index (χ1n) is 3.72. The Morgan fingerprint density at radius 1 is 1.33 bits per heavy atom. The van der Waals surface area contributed by atoms with E-state index in [-0.39, 0.29) is 0 Å². The van der Waals surface area contributed by atoms with E-state index in [1.165, 1.54) is 0 Å². The van der Waals surface area contributed by atoms with E-state index in [1.807, 2.05) is 18.2 Å². The Bertz CT molecular complexity index is 433. The number of hydrogen-bond acceptors (Lipinski definition) is 2. The maximum atomic E-state index is 5.31. The molecule has 3 nitrogen and oxygen atoms in total. The quantitative estimate of drug-likeness (QED) is 0.636. The Balaban J connectivity index is 2.46. The average Bonchev–Trinajstić information content (AvgIpc) is 2.71. The summed E-state index contributed by atoms with van der Waals surface area (Å²) in [5.74, 6) is 1.64. The van der Waals surface area contributed by atoms with E-state index in [0.717, 1.165) is 22.4 Å². The summed E-state index contributed by atoms with van der Waals surface area (Å²) in [7, 11) is 0. The predicted octanol–water partition coefficient (Wildman–Crippen LogP) is 1.70. The van der Waals surface area contributed by atoms with Crippen molar-refractivity contribution < 1.29 is 9.47 Å². The van der Waals surface area contributed by atoms with Crippen LogP contribution in [0.25, 0.3) is 10.9 Å². The van der Waals surface area contributed by atoms with Crippen molar-refractivity contribution in [3.8, 4) is 11.5 Å². The Hall–Kier alpha value is -1.64. The predicted molar refractivity (Wildman–Crippen MR) is 43.3 cm³/mol. The average molecular weight is 160 g/mol. The Labute approximate surface area is 68.9 Å². The lowest BCUT2D eigenvalue weighted by atomic mass is 10.2. The van der Waals surface area contributed by atoms with Gasteiger partial charge in [-0.1, -0.05) is 0 Å². The van der Waals surface area contributed by atoms with Crippen molar-refractivity contribution in [1.29, 1.82) is 0 Å². The molecule has 0 saturated carbocycles. The van der Waals surface area contributed by atoms with Gasteiger partial charge in [-0.25, -0.2) is 0 Å². The normalized spacial score (nSPS) is 14.0. The molecule has 1 aliphatic rings.